The van der Waals surface area contributed by atoms with Gasteiger partial charge in [0.15, 0.2) is 5.82 Å². The standard InChI is InChI=1S/C13H11ClN6/c14-9-7-17-13(20-15)19-12(9)18-10-5-1-3-8-4-2-6-16-11(8)10/h1-7H,15H2,(H2,17,18,19,20). The van der Waals surface area contributed by atoms with Crippen molar-refractivity contribution < 1.29 is 0 Å². The number of benzene rings is 1. The topological polar surface area (TPSA) is 88.8 Å². The smallest absolute Gasteiger partial charge is 0.239 e. The lowest BCUT2D eigenvalue weighted by atomic mass is 10.2. The van der Waals surface area contributed by atoms with Crippen LogP contribution in [0.25, 0.3) is 10.9 Å². The summed E-state index contributed by atoms with van der Waals surface area (Å²) in [6.07, 6.45) is 3.21. The Morgan fingerprint density at radius 3 is 2.80 bits per heavy atom. The Morgan fingerprint density at radius 2 is 1.95 bits per heavy atom. The summed E-state index contributed by atoms with van der Waals surface area (Å²) in [5.74, 6) is 6.04. The molecule has 4 N–H and O–H groups in total. The zero-order valence-corrected chi connectivity index (χ0v) is 11.1. The van der Waals surface area contributed by atoms with E-state index >= 15 is 0 Å². The van der Waals surface area contributed by atoms with E-state index in [0.717, 1.165) is 16.6 Å². The molecule has 20 heavy (non-hydrogen) atoms. The number of halogens is 1. The summed E-state index contributed by atoms with van der Waals surface area (Å²) >= 11 is 6.08. The Hall–Kier alpha value is -2.44. The van der Waals surface area contributed by atoms with Crippen molar-refractivity contribution in [3.8, 4) is 0 Å². The fraction of sp³-hybridized carbons (Fsp3) is 0. The normalized spacial score (nSPS) is 10.5. The van der Waals surface area contributed by atoms with Gasteiger partial charge in [0.05, 0.1) is 17.4 Å². The minimum absolute atomic E-state index is 0.282. The average molecular weight is 287 g/mol. The highest BCUT2D eigenvalue weighted by Gasteiger charge is 2.08. The molecule has 0 spiro atoms. The highest BCUT2D eigenvalue weighted by atomic mass is 35.5. The van der Waals surface area contributed by atoms with E-state index in [1.165, 1.54) is 6.20 Å². The third kappa shape index (κ3) is 2.34. The van der Waals surface area contributed by atoms with Gasteiger partial charge < -0.3 is 5.32 Å². The molecule has 3 rings (SSSR count). The van der Waals surface area contributed by atoms with Crippen molar-refractivity contribution in [2.45, 2.75) is 0 Å². The Balaban J connectivity index is 2.05. The molecule has 0 saturated carbocycles. The van der Waals surface area contributed by atoms with Crippen LogP contribution < -0.4 is 16.6 Å². The number of hydrogen-bond donors (Lipinski definition) is 3. The van der Waals surface area contributed by atoms with E-state index in [4.69, 9.17) is 17.4 Å². The third-order valence-corrected chi connectivity index (χ3v) is 3.04. The molecule has 100 valence electrons. The number of rotatable bonds is 3. The quantitative estimate of drug-likeness (QED) is 0.507. The lowest BCUT2D eigenvalue weighted by molar-refractivity contribution is 1.12. The van der Waals surface area contributed by atoms with Crippen molar-refractivity contribution in [3.05, 3.63) is 47.7 Å². The minimum atomic E-state index is 0.282. The predicted molar refractivity (Wildman–Crippen MR) is 79.9 cm³/mol. The van der Waals surface area contributed by atoms with Crippen LogP contribution in [0.3, 0.4) is 0 Å². The number of nitrogens with one attached hydrogen (secondary N) is 2. The van der Waals surface area contributed by atoms with Crippen molar-refractivity contribution in [1.82, 2.24) is 15.0 Å². The molecular formula is C13H11ClN6. The lowest BCUT2D eigenvalue weighted by Gasteiger charge is -2.10. The van der Waals surface area contributed by atoms with Crippen LogP contribution in [0.15, 0.2) is 42.7 Å². The van der Waals surface area contributed by atoms with Crippen LogP contribution in [0, 0.1) is 0 Å². The molecule has 1 aromatic carbocycles. The van der Waals surface area contributed by atoms with Crippen LogP contribution in [0.4, 0.5) is 17.5 Å². The van der Waals surface area contributed by atoms with Gasteiger partial charge in [-0.2, -0.15) is 4.98 Å². The summed E-state index contributed by atoms with van der Waals surface area (Å²) in [4.78, 5) is 12.5. The molecule has 2 aromatic heterocycles. The van der Waals surface area contributed by atoms with E-state index < -0.39 is 0 Å². The Bertz CT molecular complexity index is 755. The molecular weight excluding hydrogens is 276 g/mol. The fourth-order valence-corrected chi connectivity index (χ4v) is 2.00. The average Bonchev–Trinajstić information content (AvgIpc) is 2.50. The molecule has 0 amide bonds. The van der Waals surface area contributed by atoms with E-state index in [-0.39, 0.29) is 5.95 Å². The number of anilines is 3. The van der Waals surface area contributed by atoms with Gasteiger partial charge in [0.2, 0.25) is 5.95 Å². The lowest BCUT2D eigenvalue weighted by Crippen LogP contribution is -2.11. The second-order valence-electron chi connectivity index (χ2n) is 4.04. The maximum absolute atomic E-state index is 6.08. The van der Waals surface area contributed by atoms with Gasteiger partial charge in [-0.25, -0.2) is 10.8 Å². The summed E-state index contributed by atoms with van der Waals surface area (Å²) in [5, 5.41) is 4.58. The molecule has 0 unspecified atom stereocenters. The first-order chi connectivity index (χ1) is 9.78. The molecule has 0 radical (unpaired) electrons. The zero-order chi connectivity index (χ0) is 13.9. The second-order valence-corrected chi connectivity index (χ2v) is 4.45. The van der Waals surface area contributed by atoms with Crippen LogP contribution in [0.5, 0.6) is 0 Å². The summed E-state index contributed by atoms with van der Waals surface area (Å²) in [6, 6.07) is 9.71. The number of hydrazine groups is 1. The summed E-state index contributed by atoms with van der Waals surface area (Å²) in [5.41, 5.74) is 4.03. The van der Waals surface area contributed by atoms with E-state index in [1.807, 2.05) is 30.3 Å². The van der Waals surface area contributed by atoms with Crippen molar-refractivity contribution in [1.29, 1.82) is 0 Å². The first kappa shape index (κ1) is 12.6. The molecule has 0 aliphatic carbocycles. The van der Waals surface area contributed by atoms with E-state index in [0.29, 0.717) is 10.8 Å². The summed E-state index contributed by atoms with van der Waals surface area (Å²) in [7, 11) is 0. The number of fused-ring (bicyclic) bond motifs is 1. The molecule has 2 heterocycles. The van der Waals surface area contributed by atoms with Gasteiger partial charge in [-0.05, 0) is 12.1 Å². The van der Waals surface area contributed by atoms with Crippen molar-refractivity contribution in [2.75, 3.05) is 10.7 Å². The van der Waals surface area contributed by atoms with Crippen LogP contribution in [0.2, 0.25) is 5.02 Å². The zero-order valence-electron chi connectivity index (χ0n) is 10.3. The van der Waals surface area contributed by atoms with Gasteiger partial charge in [0.1, 0.15) is 5.02 Å². The van der Waals surface area contributed by atoms with Gasteiger partial charge in [-0.15, -0.1) is 0 Å². The molecule has 7 heteroatoms. The van der Waals surface area contributed by atoms with E-state index in [9.17, 15) is 0 Å². The number of hydrogen-bond acceptors (Lipinski definition) is 6. The second kappa shape index (κ2) is 5.28. The first-order valence-corrected chi connectivity index (χ1v) is 6.25. The minimum Gasteiger partial charge on any atom is -0.337 e. The van der Waals surface area contributed by atoms with Gasteiger partial charge >= 0.3 is 0 Å². The Labute approximate surface area is 120 Å². The third-order valence-electron chi connectivity index (χ3n) is 2.76. The number of aromatic nitrogens is 3. The molecule has 6 nitrogen and oxygen atoms in total. The molecule has 3 aromatic rings. The summed E-state index contributed by atoms with van der Waals surface area (Å²) < 4.78 is 0. The highest BCUT2D eigenvalue weighted by Crippen LogP contribution is 2.27. The van der Waals surface area contributed by atoms with E-state index in [2.05, 4.69) is 25.7 Å². The molecule has 0 saturated heterocycles. The van der Waals surface area contributed by atoms with Gasteiger partial charge in [-0.3, -0.25) is 10.4 Å². The molecule has 0 fully saturated rings. The van der Waals surface area contributed by atoms with E-state index in [1.54, 1.807) is 6.20 Å². The monoisotopic (exact) mass is 286 g/mol. The number of nitrogens with two attached hydrogens (primary N) is 1. The highest BCUT2D eigenvalue weighted by molar-refractivity contribution is 6.33. The van der Waals surface area contributed by atoms with Gasteiger partial charge in [0, 0.05) is 11.6 Å². The first-order valence-electron chi connectivity index (χ1n) is 5.88. The van der Waals surface area contributed by atoms with Gasteiger partial charge in [-0.1, -0.05) is 29.8 Å². The van der Waals surface area contributed by atoms with Crippen LogP contribution in [0.1, 0.15) is 0 Å². The van der Waals surface area contributed by atoms with Crippen LogP contribution in [-0.2, 0) is 0 Å². The van der Waals surface area contributed by atoms with Crippen molar-refractivity contribution in [3.63, 3.8) is 0 Å². The van der Waals surface area contributed by atoms with Crippen molar-refractivity contribution in [2.24, 2.45) is 5.84 Å². The Kier molecular flexibility index (Phi) is 3.32. The number of nitrogens with zero attached hydrogens (tertiary/aromatic N) is 3. The Morgan fingerprint density at radius 1 is 1.10 bits per heavy atom. The molecule has 0 atom stereocenters. The maximum Gasteiger partial charge on any atom is 0.239 e. The van der Waals surface area contributed by atoms with Crippen LogP contribution in [-0.4, -0.2) is 15.0 Å². The van der Waals surface area contributed by atoms with Crippen molar-refractivity contribution >= 4 is 40.0 Å². The molecule has 0 aliphatic rings. The predicted octanol–water partition coefficient (Wildman–Crippen LogP) is 2.71. The molecule has 0 bridgehead atoms. The van der Waals surface area contributed by atoms with Crippen LogP contribution >= 0.6 is 11.6 Å². The summed E-state index contributed by atoms with van der Waals surface area (Å²) in [6.45, 7) is 0. The SMILES string of the molecule is NNc1ncc(Cl)c(Nc2cccc3cccnc23)n1. The largest absolute Gasteiger partial charge is 0.337 e. The van der Waals surface area contributed by atoms with Gasteiger partial charge in [0.25, 0.3) is 0 Å². The number of nitrogen functional groups attached to an aromatic ring is 1. The maximum atomic E-state index is 6.08. The number of para-hydroxylation sites is 1. The molecule has 0 aliphatic heterocycles. The number of pyridine rings is 1. The fourth-order valence-electron chi connectivity index (χ4n) is 1.86.